The highest BCUT2D eigenvalue weighted by molar-refractivity contribution is 5.79. The fourth-order valence-electron chi connectivity index (χ4n) is 2.21. The van der Waals surface area contributed by atoms with E-state index in [9.17, 15) is 4.79 Å². The summed E-state index contributed by atoms with van der Waals surface area (Å²) in [5, 5.41) is 0. The Hall–Kier alpha value is -2.89. The number of aromatic nitrogens is 1. The molecule has 0 aliphatic heterocycles. The van der Waals surface area contributed by atoms with Crippen molar-refractivity contribution in [1.82, 2.24) is 4.98 Å². The van der Waals surface area contributed by atoms with Gasteiger partial charge in [-0.15, -0.1) is 0 Å². The van der Waals surface area contributed by atoms with Crippen molar-refractivity contribution in [2.75, 3.05) is 28.4 Å². The monoisotopic (exact) mass is 317 g/mol. The van der Waals surface area contributed by atoms with Crippen LogP contribution < -0.4 is 24.5 Å². The van der Waals surface area contributed by atoms with Gasteiger partial charge in [-0.05, 0) is 35.4 Å². The van der Waals surface area contributed by atoms with Crippen LogP contribution in [-0.2, 0) is 0 Å². The molecule has 0 spiro atoms. The molecule has 0 saturated carbocycles. The molecule has 0 saturated heterocycles. The van der Waals surface area contributed by atoms with E-state index in [0.29, 0.717) is 28.5 Å². The molecular formula is C17H19NO5. The average Bonchev–Trinajstić information content (AvgIpc) is 2.59. The molecule has 0 radical (unpaired) electrons. The standard InChI is InChI=1S/C17H19NO5/c1-10(12-6-7-13(20-2)17(19)18-12)11-8-14(21-3)16(23-5)15(9-11)22-4/h6-9H,1H2,2-5H3,(H,18,19). The van der Waals surface area contributed by atoms with Gasteiger partial charge in [0.05, 0.1) is 28.4 Å². The van der Waals surface area contributed by atoms with Gasteiger partial charge in [0, 0.05) is 5.69 Å². The normalized spacial score (nSPS) is 10.1. The third-order valence-electron chi connectivity index (χ3n) is 3.43. The maximum absolute atomic E-state index is 11.9. The summed E-state index contributed by atoms with van der Waals surface area (Å²) in [5.41, 5.74) is 1.60. The Balaban J connectivity index is 2.51. The zero-order valence-electron chi connectivity index (χ0n) is 13.6. The second-order valence-electron chi connectivity index (χ2n) is 4.66. The predicted molar refractivity (Wildman–Crippen MR) is 87.8 cm³/mol. The number of pyridine rings is 1. The molecule has 0 aliphatic carbocycles. The predicted octanol–water partition coefficient (Wildman–Crippen LogP) is 2.47. The average molecular weight is 317 g/mol. The Kier molecular flexibility index (Phi) is 4.95. The first-order valence-electron chi connectivity index (χ1n) is 6.82. The second kappa shape index (κ2) is 6.91. The van der Waals surface area contributed by atoms with Gasteiger partial charge >= 0.3 is 0 Å². The van der Waals surface area contributed by atoms with Crippen LogP contribution >= 0.6 is 0 Å². The highest BCUT2D eigenvalue weighted by atomic mass is 16.5. The van der Waals surface area contributed by atoms with Crippen LogP contribution in [0.4, 0.5) is 0 Å². The highest BCUT2D eigenvalue weighted by Gasteiger charge is 2.15. The van der Waals surface area contributed by atoms with Gasteiger partial charge in [-0.1, -0.05) is 6.58 Å². The number of ether oxygens (including phenoxy) is 4. The topological polar surface area (TPSA) is 69.8 Å². The number of hydrogen-bond donors (Lipinski definition) is 1. The van der Waals surface area contributed by atoms with Crippen LogP contribution in [0.5, 0.6) is 23.0 Å². The lowest BCUT2D eigenvalue weighted by Crippen LogP contribution is -2.11. The van der Waals surface area contributed by atoms with Gasteiger partial charge in [-0.2, -0.15) is 0 Å². The number of rotatable bonds is 6. The number of hydrogen-bond acceptors (Lipinski definition) is 5. The van der Waals surface area contributed by atoms with Crippen molar-refractivity contribution in [3.63, 3.8) is 0 Å². The number of nitrogens with one attached hydrogen (secondary N) is 1. The highest BCUT2D eigenvalue weighted by Crippen LogP contribution is 2.40. The Labute approximate surface area is 134 Å². The van der Waals surface area contributed by atoms with Crippen LogP contribution in [0.3, 0.4) is 0 Å². The second-order valence-corrected chi connectivity index (χ2v) is 4.66. The van der Waals surface area contributed by atoms with E-state index < -0.39 is 0 Å². The summed E-state index contributed by atoms with van der Waals surface area (Å²) in [4.78, 5) is 14.6. The van der Waals surface area contributed by atoms with Crippen LogP contribution in [0, 0.1) is 0 Å². The number of benzene rings is 1. The lowest BCUT2D eigenvalue weighted by atomic mass is 10.0. The zero-order chi connectivity index (χ0) is 17.0. The van der Waals surface area contributed by atoms with E-state index in [1.807, 2.05) is 0 Å². The molecule has 6 nitrogen and oxygen atoms in total. The number of aromatic amines is 1. The molecule has 2 aromatic rings. The lowest BCUT2D eigenvalue weighted by Gasteiger charge is -2.15. The molecule has 1 aromatic heterocycles. The summed E-state index contributed by atoms with van der Waals surface area (Å²) in [6, 6.07) is 6.86. The summed E-state index contributed by atoms with van der Waals surface area (Å²) in [7, 11) is 6.06. The summed E-state index contributed by atoms with van der Waals surface area (Å²) in [6.07, 6.45) is 0. The number of H-pyrrole nitrogens is 1. The van der Waals surface area contributed by atoms with E-state index in [2.05, 4.69) is 11.6 Å². The SMILES string of the molecule is C=C(c1cc(OC)c(OC)c(OC)c1)c1ccc(OC)c(=O)[nH]1. The minimum atomic E-state index is -0.321. The first-order valence-corrected chi connectivity index (χ1v) is 6.82. The first kappa shape index (κ1) is 16.5. The Morgan fingerprint density at radius 2 is 1.48 bits per heavy atom. The molecule has 1 N–H and O–H groups in total. The van der Waals surface area contributed by atoms with Crippen molar-refractivity contribution in [2.24, 2.45) is 0 Å². The van der Waals surface area contributed by atoms with Crippen molar-refractivity contribution >= 4 is 5.57 Å². The van der Waals surface area contributed by atoms with Gasteiger partial charge in [0.1, 0.15) is 0 Å². The third kappa shape index (κ3) is 3.15. The fraction of sp³-hybridized carbons (Fsp3) is 0.235. The summed E-state index contributed by atoms with van der Waals surface area (Å²) >= 11 is 0. The molecule has 1 heterocycles. The minimum Gasteiger partial charge on any atom is -0.493 e. The van der Waals surface area contributed by atoms with E-state index in [0.717, 1.165) is 5.56 Å². The van der Waals surface area contributed by atoms with Crippen molar-refractivity contribution in [2.45, 2.75) is 0 Å². The fourth-order valence-corrected chi connectivity index (χ4v) is 2.21. The Bertz CT molecular complexity index is 754. The molecule has 23 heavy (non-hydrogen) atoms. The molecule has 6 heteroatoms. The quantitative estimate of drug-likeness (QED) is 0.886. The van der Waals surface area contributed by atoms with Crippen LogP contribution in [-0.4, -0.2) is 33.4 Å². The number of methoxy groups -OCH3 is 4. The Morgan fingerprint density at radius 1 is 0.913 bits per heavy atom. The van der Waals surface area contributed by atoms with Crippen molar-refractivity contribution in [3.8, 4) is 23.0 Å². The molecule has 122 valence electrons. The molecule has 0 bridgehead atoms. The van der Waals surface area contributed by atoms with Gasteiger partial charge in [-0.3, -0.25) is 4.79 Å². The van der Waals surface area contributed by atoms with E-state index in [1.54, 1.807) is 38.5 Å². The maximum Gasteiger partial charge on any atom is 0.290 e. The molecule has 0 aliphatic rings. The summed E-state index contributed by atoms with van der Waals surface area (Å²) in [6.45, 7) is 4.04. The molecule has 0 unspecified atom stereocenters. The van der Waals surface area contributed by atoms with Gasteiger partial charge in [-0.25, -0.2) is 0 Å². The lowest BCUT2D eigenvalue weighted by molar-refractivity contribution is 0.324. The van der Waals surface area contributed by atoms with Gasteiger partial charge in [0.25, 0.3) is 5.56 Å². The minimum absolute atomic E-state index is 0.242. The molecular weight excluding hydrogens is 298 g/mol. The first-order chi connectivity index (χ1) is 11.0. The van der Waals surface area contributed by atoms with Gasteiger partial charge in [0.15, 0.2) is 17.2 Å². The largest absolute Gasteiger partial charge is 0.493 e. The van der Waals surface area contributed by atoms with E-state index >= 15 is 0 Å². The molecule has 0 fully saturated rings. The van der Waals surface area contributed by atoms with Gasteiger partial charge < -0.3 is 23.9 Å². The molecule has 0 atom stereocenters. The summed E-state index contributed by atoms with van der Waals surface area (Å²) in [5.74, 6) is 1.76. The van der Waals surface area contributed by atoms with Crippen LogP contribution in [0.2, 0.25) is 0 Å². The Morgan fingerprint density at radius 3 is 1.91 bits per heavy atom. The van der Waals surface area contributed by atoms with Crippen molar-refractivity contribution in [3.05, 3.63) is 52.5 Å². The summed E-state index contributed by atoms with van der Waals surface area (Å²) < 4.78 is 20.9. The molecule has 1 aromatic carbocycles. The van der Waals surface area contributed by atoms with E-state index in [-0.39, 0.29) is 11.3 Å². The molecule has 0 amide bonds. The smallest absolute Gasteiger partial charge is 0.290 e. The zero-order valence-corrected chi connectivity index (χ0v) is 13.6. The third-order valence-corrected chi connectivity index (χ3v) is 3.43. The van der Waals surface area contributed by atoms with Crippen molar-refractivity contribution in [1.29, 1.82) is 0 Å². The van der Waals surface area contributed by atoms with E-state index in [1.165, 1.54) is 14.2 Å². The van der Waals surface area contributed by atoms with Crippen LogP contribution in [0.25, 0.3) is 5.57 Å². The maximum atomic E-state index is 11.9. The van der Waals surface area contributed by atoms with Crippen LogP contribution in [0.1, 0.15) is 11.3 Å². The molecule has 2 rings (SSSR count). The van der Waals surface area contributed by atoms with E-state index in [4.69, 9.17) is 18.9 Å². The van der Waals surface area contributed by atoms with Crippen molar-refractivity contribution < 1.29 is 18.9 Å². The van der Waals surface area contributed by atoms with Gasteiger partial charge in [0.2, 0.25) is 5.75 Å². The van der Waals surface area contributed by atoms with Crippen LogP contribution in [0.15, 0.2) is 35.6 Å².